The van der Waals surface area contributed by atoms with E-state index in [0.29, 0.717) is 24.4 Å². The first-order chi connectivity index (χ1) is 11.3. The van der Waals surface area contributed by atoms with Crippen molar-refractivity contribution >= 4 is 11.6 Å². The fourth-order valence-corrected chi connectivity index (χ4v) is 3.09. The van der Waals surface area contributed by atoms with Crippen LogP contribution in [0.3, 0.4) is 0 Å². The Kier molecular flexibility index (Phi) is 6.10. The Balaban J connectivity index is 1.97. The molecule has 1 aliphatic rings. The van der Waals surface area contributed by atoms with Crippen molar-refractivity contribution in [1.29, 1.82) is 0 Å². The number of benzene rings is 1. The third kappa shape index (κ3) is 5.12. The number of hydrogen-bond donors (Lipinski definition) is 2. The summed E-state index contributed by atoms with van der Waals surface area (Å²) in [5.41, 5.74) is 1.44. The predicted molar refractivity (Wildman–Crippen MR) is 85.9 cm³/mol. The van der Waals surface area contributed by atoms with Crippen LogP contribution < -0.4 is 15.4 Å². The van der Waals surface area contributed by atoms with Gasteiger partial charge >= 0.3 is 6.18 Å². The number of ether oxygens (including phenoxy) is 1. The molecular weight excluding hydrogens is 321 g/mol. The van der Waals surface area contributed by atoms with Crippen molar-refractivity contribution in [2.24, 2.45) is 5.92 Å². The van der Waals surface area contributed by atoms with E-state index < -0.39 is 12.1 Å². The zero-order valence-electron chi connectivity index (χ0n) is 13.9. The van der Waals surface area contributed by atoms with Crippen LogP contribution in [0.1, 0.15) is 38.2 Å². The summed E-state index contributed by atoms with van der Waals surface area (Å²) < 4.78 is 43.7. The van der Waals surface area contributed by atoms with Crippen molar-refractivity contribution in [3.8, 4) is 5.75 Å². The smallest absolute Gasteiger partial charge is 0.391 e. The molecule has 0 unspecified atom stereocenters. The van der Waals surface area contributed by atoms with Gasteiger partial charge in [0.1, 0.15) is 5.75 Å². The van der Waals surface area contributed by atoms with E-state index >= 15 is 0 Å². The van der Waals surface area contributed by atoms with Crippen LogP contribution in [-0.4, -0.2) is 25.2 Å². The average Bonchev–Trinajstić information content (AvgIpc) is 2.52. The molecule has 1 aromatic rings. The van der Waals surface area contributed by atoms with Gasteiger partial charge in [-0.2, -0.15) is 13.2 Å². The van der Waals surface area contributed by atoms with Gasteiger partial charge in [0.15, 0.2) is 0 Å². The molecule has 4 nitrogen and oxygen atoms in total. The number of nitrogens with one attached hydrogen (secondary N) is 2. The first-order valence-electron chi connectivity index (χ1n) is 8.04. The fourth-order valence-electron chi connectivity index (χ4n) is 3.09. The van der Waals surface area contributed by atoms with Gasteiger partial charge in [-0.25, -0.2) is 0 Å². The second kappa shape index (κ2) is 7.88. The molecule has 0 aliphatic heterocycles. The van der Waals surface area contributed by atoms with E-state index in [-0.39, 0.29) is 24.8 Å². The Labute approximate surface area is 139 Å². The Bertz CT molecular complexity index is 575. The van der Waals surface area contributed by atoms with Crippen LogP contribution in [0.2, 0.25) is 0 Å². The monoisotopic (exact) mass is 344 g/mol. The number of carbonyl (C=O) groups is 1. The van der Waals surface area contributed by atoms with Gasteiger partial charge in [-0.05, 0) is 37.0 Å². The number of amides is 1. The van der Waals surface area contributed by atoms with Crippen molar-refractivity contribution in [2.75, 3.05) is 12.4 Å². The Morgan fingerprint density at radius 3 is 2.71 bits per heavy atom. The second-order valence-corrected chi connectivity index (χ2v) is 6.20. The number of halogens is 3. The van der Waals surface area contributed by atoms with Gasteiger partial charge in [0.05, 0.1) is 18.7 Å². The Morgan fingerprint density at radius 1 is 1.33 bits per heavy atom. The summed E-state index contributed by atoms with van der Waals surface area (Å²) in [6.45, 7) is 1.86. The summed E-state index contributed by atoms with van der Waals surface area (Å²) in [5, 5.41) is 5.89. The molecule has 0 heterocycles. The molecule has 1 amide bonds. The lowest BCUT2D eigenvalue weighted by Gasteiger charge is -2.31. The lowest BCUT2D eigenvalue weighted by Crippen LogP contribution is -2.38. The largest absolute Gasteiger partial charge is 0.495 e. The topological polar surface area (TPSA) is 50.4 Å². The van der Waals surface area contributed by atoms with Crippen LogP contribution in [0.15, 0.2) is 18.2 Å². The summed E-state index contributed by atoms with van der Waals surface area (Å²) in [7, 11) is 1.51. The van der Waals surface area contributed by atoms with E-state index in [1.807, 2.05) is 6.07 Å². The van der Waals surface area contributed by atoms with Crippen molar-refractivity contribution in [2.45, 2.75) is 51.4 Å². The molecule has 2 rings (SSSR count). The van der Waals surface area contributed by atoms with Crippen molar-refractivity contribution in [3.05, 3.63) is 23.8 Å². The first-order valence-corrected chi connectivity index (χ1v) is 8.04. The molecule has 0 radical (unpaired) electrons. The summed E-state index contributed by atoms with van der Waals surface area (Å²) in [4.78, 5) is 11.2. The van der Waals surface area contributed by atoms with Crippen molar-refractivity contribution < 1.29 is 22.7 Å². The molecule has 7 heteroatoms. The molecule has 1 aliphatic carbocycles. The summed E-state index contributed by atoms with van der Waals surface area (Å²) in [5.74, 6) is -0.878. The maximum atomic E-state index is 12.9. The number of rotatable bonds is 5. The lowest BCUT2D eigenvalue weighted by molar-refractivity contribution is -0.183. The average molecular weight is 344 g/mol. The molecule has 1 fully saturated rings. The van der Waals surface area contributed by atoms with E-state index in [9.17, 15) is 18.0 Å². The quantitative estimate of drug-likeness (QED) is 0.853. The van der Waals surface area contributed by atoms with Gasteiger partial charge < -0.3 is 15.4 Å². The molecule has 0 aromatic heterocycles. The van der Waals surface area contributed by atoms with Crippen LogP contribution in [-0.2, 0) is 11.3 Å². The minimum atomic E-state index is -4.11. The summed E-state index contributed by atoms with van der Waals surface area (Å²) in [6.07, 6.45) is -2.43. The van der Waals surface area contributed by atoms with E-state index in [2.05, 4.69) is 10.6 Å². The molecule has 0 bridgehead atoms. The SMILES string of the molecule is COc1ccc(CN[C@@H]2CCC[C@@H](C(F)(F)F)C2)cc1NC(C)=O. The molecule has 2 atom stereocenters. The van der Waals surface area contributed by atoms with E-state index in [4.69, 9.17) is 4.74 Å². The summed E-state index contributed by atoms with van der Waals surface area (Å²) >= 11 is 0. The Hall–Kier alpha value is -1.76. The lowest BCUT2D eigenvalue weighted by atomic mass is 9.85. The zero-order chi connectivity index (χ0) is 17.7. The summed E-state index contributed by atoms with van der Waals surface area (Å²) in [6, 6.07) is 5.21. The molecular formula is C17H23F3N2O2. The van der Waals surface area contributed by atoms with Gasteiger partial charge in [0.2, 0.25) is 5.91 Å². The Morgan fingerprint density at radius 2 is 2.08 bits per heavy atom. The molecule has 134 valence electrons. The van der Waals surface area contributed by atoms with Crippen LogP contribution in [0, 0.1) is 5.92 Å². The van der Waals surface area contributed by atoms with E-state index in [1.54, 1.807) is 12.1 Å². The molecule has 0 spiro atoms. The highest BCUT2D eigenvalue weighted by molar-refractivity contribution is 5.90. The van der Waals surface area contributed by atoms with Crippen molar-refractivity contribution in [1.82, 2.24) is 5.32 Å². The molecule has 2 N–H and O–H groups in total. The van der Waals surface area contributed by atoms with Gasteiger partial charge in [-0.3, -0.25) is 4.79 Å². The standard InChI is InChI=1S/C17H23F3N2O2/c1-11(23)22-15-8-12(6-7-16(15)24-2)10-21-14-5-3-4-13(9-14)17(18,19)20/h6-8,13-14,21H,3-5,9-10H2,1-2H3,(H,22,23)/t13-,14-/m1/s1. The molecule has 1 saturated carbocycles. The van der Waals surface area contributed by atoms with E-state index in [1.165, 1.54) is 14.0 Å². The second-order valence-electron chi connectivity index (χ2n) is 6.20. The van der Waals surface area contributed by atoms with Crippen molar-refractivity contribution in [3.63, 3.8) is 0 Å². The van der Waals surface area contributed by atoms with Crippen LogP contribution >= 0.6 is 0 Å². The van der Waals surface area contributed by atoms with Gasteiger partial charge in [0, 0.05) is 19.5 Å². The minimum Gasteiger partial charge on any atom is -0.495 e. The van der Waals surface area contributed by atoms with Crippen LogP contribution in [0.4, 0.5) is 18.9 Å². The number of anilines is 1. The van der Waals surface area contributed by atoms with Gasteiger partial charge in [-0.1, -0.05) is 12.5 Å². The number of alkyl halides is 3. The van der Waals surface area contributed by atoms with Crippen LogP contribution in [0.5, 0.6) is 5.75 Å². The maximum Gasteiger partial charge on any atom is 0.391 e. The van der Waals surface area contributed by atoms with Gasteiger partial charge in [0.25, 0.3) is 0 Å². The molecule has 24 heavy (non-hydrogen) atoms. The first kappa shape index (κ1) is 18.6. The van der Waals surface area contributed by atoms with E-state index in [0.717, 1.165) is 12.0 Å². The van der Waals surface area contributed by atoms with Gasteiger partial charge in [-0.15, -0.1) is 0 Å². The normalized spacial score (nSPS) is 21.4. The zero-order valence-corrected chi connectivity index (χ0v) is 13.9. The highest BCUT2D eigenvalue weighted by Crippen LogP contribution is 2.37. The minimum absolute atomic E-state index is 0.123. The third-order valence-corrected chi connectivity index (χ3v) is 4.31. The number of methoxy groups -OCH3 is 1. The third-order valence-electron chi connectivity index (χ3n) is 4.31. The highest BCUT2D eigenvalue weighted by Gasteiger charge is 2.41. The maximum absolute atomic E-state index is 12.9. The molecule has 0 saturated heterocycles. The number of hydrogen-bond acceptors (Lipinski definition) is 3. The predicted octanol–water partition coefficient (Wildman–Crippen LogP) is 3.86. The number of carbonyl (C=O) groups excluding carboxylic acids is 1. The van der Waals surface area contributed by atoms with Crippen LogP contribution in [0.25, 0.3) is 0 Å². The highest BCUT2D eigenvalue weighted by atomic mass is 19.4. The fraction of sp³-hybridized carbons (Fsp3) is 0.588. The molecule has 1 aromatic carbocycles.